The van der Waals surface area contributed by atoms with Crippen molar-refractivity contribution in [2.45, 2.75) is 38.9 Å². The molecule has 3 atom stereocenters. The quantitative estimate of drug-likeness (QED) is 0.820. The molecule has 3 unspecified atom stereocenters. The molecule has 1 saturated carbocycles. The summed E-state index contributed by atoms with van der Waals surface area (Å²) in [4.78, 5) is 0. The fourth-order valence-corrected chi connectivity index (χ4v) is 2.89. The molecular weight excluding hydrogens is 236 g/mol. The predicted octanol–water partition coefficient (Wildman–Crippen LogP) is 3.56. The van der Waals surface area contributed by atoms with Crippen LogP contribution in [0.3, 0.4) is 0 Å². The van der Waals surface area contributed by atoms with E-state index in [-0.39, 0.29) is 12.0 Å². The molecule has 2 heteroatoms. The van der Waals surface area contributed by atoms with Gasteiger partial charge < -0.3 is 9.84 Å². The first-order valence-corrected chi connectivity index (χ1v) is 7.24. The zero-order chi connectivity index (χ0) is 13.5. The Balaban J connectivity index is 1.83. The Morgan fingerprint density at radius 1 is 1.26 bits per heavy atom. The van der Waals surface area contributed by atoms with Crippen LogP contribution >= 0.6 is 0 Å². The topological polar surface area (TPSA) is 29.5 Å². The van der Waals surface area contributed by atoms with Crippen LogP contribution in [0.25, 0.3) is 0 Å². The maximum absolute atomic E-state index is 10.1. The Morgan fingerprint density at radius 2 is 2.05 bits per heavy atom. The van der Waals surface area contributed by atoms with Crippen LogP contribution in [-0.4, -0.2) is 17.8 Å². The number of hydrogen-bond acceptors (Lipinski definition) is 2. The molecule has 1 aliphatic rings. The lowest BCUT2D eigenvalue weighted by molar-refractivity contribution is 0.00450. The third kappa shape index (κ3) is 4.19. The summed E-state index contributed by atoms with van der Waals surface area (Å²) >= 11 is 0. The largest absolute Gasteiger partial charge is 0.393 e. The van der Waals surface area contributed by atoms with Crippen LogP contribution in [0.2, 0.25) is 0 Å². The van der Waals surface area contributed by atoms with Crippen molar-refractivity contribution in [2.75, 3.05) is 6.61 Å². The molecule has 0 heterocycles. The first-order valence-electron chi connectivity index (χ1n) is 7.24. The first-order chi connectivity index (χ1) is 9.31. The molecule has 0 saturated heterocycles. The van der Waals surface area contributed by atoms with Gasteiger partial charge in [-0.25, -0.2) is 0 Å². The normalized spacial score (nSPS) is 27.8. The fraction of sp³-hybridized carbons (Fsp3) is 0.529. The van der Waals surface area contributed by atoms with Crippen LogP contribution in [0.15, 0.2) is 42.5 Å². The van der Waals surface area contributed by atoms with E-state index >= 15 is 0 Å². The molecule has 0 bridgehead atoms. The molecule has 0 aliphatic heterocycles. The SMILES string of the molecule is C/C=C/C1C(O)CCCC1COCc1ccccc1. The van der Waals surface area contributed by atoms with Gasteiger partial charge in [-0.05, 0) is 31.2 Å². The van der Waals surface area contributed by atoms with E-state index in [1.54, 1.807) is 0 Å². The molecule has 1 aliphatic carbocycles. The Morgan fingerprint density at radius 3 is 2.79 bits per heavy atom. The van der Waals surface area contributed by atoms with Gasteiger partial charge in [0.25, 0.3) is 0 Å². The van der Waals surface area contributed by atoms with Gasteiger partial charge in [-0.2, -0.15) is 0 Å². The Labute approximate surface area is 116 Å². The van der Waals surface area contributed by atoms with Crippen molar-refractivity contribution in [3.63, 3.8) is 0 Å². The average Bonchev–Trinajstić information content (AvgIpc) is 2.44. The first kappa shape index (κ1) is 14.3. The minimum atomic E-state index is -0.199. The van der Waals surface area contributed by atoms with Gasteiger partial charge >= 0.3 is 0 Å². The molecule has 1 aromatic carbocycles. The monoisotopic (exact) mass is 260 g/mol. The lowest BCUT2D eigenvalue weighted by Crippen LogP contribution is -2.33. The summed E-state index contributed by atoms with van der Waals surface area (Å²) in [6.45, 7) is 3.42. The molecule has 0 amide bonds. The van der Waals surface area contributed by atoms with Gasteiger partial charge in [-0.3, -0.25) is 0 Å². The van der Waals surface area contributed by atoms with Crippen molar-refractivity contribution in [3.05, 3.63) is 48.0 Å². The molecule has 1 aromatic rings. The van der Waals surface area contributed by atoms with Crippen LogP contribution in [0.5, 0.6) is 0 Å². The van der Waals surface area contributed by atoms with E-state index in [1.165, 1.54) is 5.56 Å². The Bertz CT molecular complexity index is 386. The summed E-state index contributed by atoms with van der Waals surface area (Å²) in [5.74, 6) is 0.707. The van der Waals surface area contributed by atoms with E-state index < -0.39 is 0 Å². The molecular formula is C17H24O2. The van der Waals surface area contributed by atoms with Crippen LogP contribution < -0.4 is 0 Å². The predicted molar refractivity (Wildman–Crippen MR) is 77.7 cm³/mol. The van der Waals surface area contributed by atoms with Gasteiger partial charge in [0.15, 0.2) is 0 Å². The summed E-state index contributed by atoms with van der Waals surface area (Å²) in [7, 11) is 0. The zero-order valence-electron chi connectivity index (χ0n) is 11.7. The Kier molecular flexibility index (Phi) is 5.62. The van der Waals surface area contributed by atoms with E-state index in [2.05, 4.69) is 18.2 Å². The fourth-order valence-electron chi connectivity index (χ4n) is 2.89. The van der Waals surface area contributed by atoms with Crippen LogP contribution in [0, 0.1) is 11.8 Å². The standard InChI is InChI=1S/C17H24O2/c1-2-7-16-15(10-6-11-17(16)18)13-19-12-14-8-4-3-5-9-14/h2-5,7-9,15-18H,6,10-13H2,1H3/b7-2+. The van der Waals surface area contributed by atoms with Crippen molar-refractivity contribution in [1.82, 2.24) is 0 Å². The van der Waals surface area contributed by atoms with Crippen LogP contribution in [0.1, 0.15) is 31.7 Å². The van der Waals surface area contributed by atoms with E-state index in [1.807, 2.05) is 31.2 Å². The second-order valence-corrected chi connectivity index (χ2v) is 5.36. The molecule has 1 fully saturated rings. The van der Waals surface area contributed by atoms with Gasteiger partial charge in [0.2, 0.25) is 0 Å². The molecule has 2 rings (SSSR count). The smallest absolute Gasteiger partial charge is 0.0717 e. The van der Waals surface area contributed by atoms with Crippen molar-refractivity contribution in [2.24, 2.45) is 11.8 Å². The van der Waals surface area contributed by atoms with Gasteiger partial charge in [0.05, 0.1) is 19.3 Å². The second-order valence-electron chi connectivity index (χ2n) is 5.36. The number of hydrogen-bond donors (Lipinski definition) is 1. The van der Waals surface area contributed by atoms with Gasteiger partial charge in [0.1, 0.15) is 0 Å². The highest BCUT2D eigenvalue weighted by atomic mass is 16.5. The third-order valence-corrected chi connectivity index (χ3v) is 3.92. The highest BCUT2D eigenvalue weighted by Gasteiger charge is 2.30. The highest BCUT2D eigenvalue weighted by Crippen LogP contribution is 2.31. The summed E-state index contributed by atoms with van der Waals surface area (Å²) in [6.07, 6.45) is 7.17. The van der Waals surface area contributed by atoms with Crippen LogP contribution in [0.4, 0.5) is 0 Å². The Hall–Kier alpha value is -1.12. The van der Waals surface area contributed by atoms with E-state index in [0.29, 0.717) is 12.5 Å². The number of aliphatic hydroxyl groups excluding tert-OH is 1. The van der Waals surface area contributed by atoms with E-state index in [9.17, 15) is 5.11 Å². The molecule has 1 N–H and O–H groups in total. The van der Waals surface area contributed by atoms with Gasteiger partial charge in [0, 0.05) is 5.92 Å². The summed E-state index contributed by atoms with van der Waals surface area (Å²) < 4.78 is 5.84. The summed E-state index contributed by atoms with van der Waals surface area (Å²) in [5, 5.41) is 10.1. The number of ether oxygens (including phenoxy) is 1. The minimum Gasteiger partial charge on any atom is -0.393 e. The van der Waals surface area contributed by atoms with Crippen molar-refractivity contribution >= 4 is 0 Å². The molecule has 0 aromatic heterocycles. The minimum absolute atomic E-state index is 0.199. The molecule has 0 radical (unpaired) electrons. The van der Waals surface area contributed by atoms with Gasteiger partial charge in [-0.1, -0.05) is 48.9 Å². The molecule has 0 spiro atoms. The second kappa shape index (κ2) is 7.46. The number of aliphatic hydroxyl groups is 1. The van der Waals surface area contributed by atoms with Crippen LogP contribution in [-0.2, 0) is 11.3 Å². The molecule has 104 valence electrons. The maximum Gasteiger partial charge on any atom is 0.0717 e. The lowest BCUT2D eigenvalue weighted by atomic mass is 9.77. The average molecular weight is 260 g/mol. The van der Waals surface area contributed by atoms with E-state index in [0.717, 1.165) is 25.9 Å². The molecule has 2 nitrogen and oxygen atoms in total. The number of allylic oxidation sites excluding steroid dienone is 1. The molecule has 19 heavy (non-hydrogen) atoms. The zero-order valence-corrected chi connectivity index (χ0v) is 11.7. The van der Waals surface area contributed by atoms with Crippen molar-refractivity contribution < 1.29 is 9.84 Å². The number of rotatable bonds is 5. The summed E-state index contributed by atoms with van der Waals surface area (Å²) in [6, 6.07) is 10.2. The van der Waals surface area contributed by atoms with Gasteiger partial charge in [-0.15, -0.1) is 0 Å². The number of benzene rings is 1. The maximum atomic E-state index is 10.1. The highest BCUT2D eigenvalue weighted by molar-refractivity contribution is 5.13. The third-order valence-electron chi connectivity index (χ3n) is 3.92. The van der Waals surface area contributed by atoms with E-state index in [4.69, 9.17) is 4.74 Å². The van der Waals surface area contributed by atoms with Crippen molar-refractivity contribution in [3.8, 4) is 0 Å². The van der Waals surface area contributed by atoms with Crippen molar-refractivity contribution in [1.29, 1.82) is 0 Å². The summed E-state index contributed by atoms with van der Waals surface area (Å²) in [5.41, 5.74) is 1.21. The lowest BCUT2D eigenvalue weighted by Gasteiger charge is -2.33.